The summed E-state index contributed by atoms with van der Waals surface area (Å²) < 4.78 is 0. The Kier molecular flexibility index (Phi) is 5.77. The molecule has 0 bridgehead atoms. The zero-order valence-electron chi connectivity index (χ0n) is 18.0. The Labute approximate surface area is 202 Å². The van der Waals surface area contributed by atoms with Gasteiger partial charge < -0.3 is 15.7 Å². The molecule has 6 nitrogen and oxygen atoms in total. The summed E-state index contributed by atoms with van der Waals surface area (Å²) in [5, 5.41) is 10.7. The van der Waals surface area contributed by atoms with E-state index in [4.69, 9.17) is 28.9 Å². The molecule has 1 fully saturated rings. The molecule has 170 valence electrons. The molecule has 1 saturated heterocycles. The van der Waals surface area contributed by atoms with Gasteiger partial charge in [-0.05, 0) is 47.4 Å². The van der Waals surface area contributed by atoms with Gasteiger partial charge in [0.25, 0.3) is 0 Å². The van der Waals surface area contributed by atoms with Crippen LogP contribution in [-0.4, -0.2) is 34.1 Å². The predicted molar refractivity (Wildman–Crippen MR) is 129 cm³/mol. The number of hydrogen-bond donors (Lipinski definition) is 2. The van der Waals surface area contributed by atoms with E-state index in [0.717, 1.165) is 24.8 Å². The molecule has 1 aliphatic carbocycles. The molecule has 0 unspecified atom stereocenters. The van der Waals surface area contributed by atoms with E-state index >= 15 is 0 Å². The third-order valence-electron chi connectivity index (χ3n) is 7.06. The monoisotopic (exact) mass is 482 g/mol. The number of rotatable bonds is 4. The maximum atomic E-state index is 12.0. The lowest BCUT2D eigenvalue weighted by Gasteiger charge is -2.42. The molecule has 3 N–H and O–H groups in total. The number of carboxylic acid groups (broad SMARTS) is 1. The largest absolute Gasteiger partial charge is 0.476 e. The third-order valence-corrected chi connectivity index (χ3v) is 7.92. The highest BCUT2D eigenvalue weighted by Crippen LogP contribution is 2.51. The summed E-state index contributed by atoms with van der Waals surface area (Å²) in [7, 11) is 0. The van der Waals surface area contributed by atoms with Gasteiger partial charge in [0.1, 0.15) is 0 Å². The summed E-state index contributed by atoms with van der Waals surface area (Å²) in [6.45, 7) is 1.38. The van der Waals surface area contributed by atoms with Crippen molar-refractivity contribution in [2.75, 3.05) is 18.0 Å². The van der Waals surface area contributed by atoms with Crippen molar-refractivity contribution in [1.29, 1.82) is 0 Å². The molecule has 0 radical (unpaired) electrons. The van der Waals surface area contributed by atoms with Crippen molar-refractivity contribution in [3.8, 4) is 0 Å². The van der Waals surface area contributed by atoms with Gasteiger partial charge in [-0.1, -0.05) is 59.6 Å². The fourth-order valence-corrected chi connectivity index (χ4v) is 5.62. The van der Waals surface area contributed by atoms with Crippen LogP contribution in [0.1, 0.15) is 51.8 Å². The number of piperidine rings is 1. The Morgan fingerprint density at radius 1 is 1.15 bits per heavy atom. The van der Waals surface area contributed by atoms with E-state index in [-0.39, 0.29) is 17.2 Å². The predicted octanol–water partition coefficient (Wildman–Crippen LogP) is 4.92. The van der Waals surface area contributed by atoms with Gasteiger partial charge in [-0.25, -0.2) is 14.8 Å². The number of carboxylic acids is 1. The van der Waals surface area contributed by atoms with Crippen LogP contribution in [0.3, 0.4) is 0 Å². The van der Waals surface area contributed by atoms with Crippen molar-refractivity contribution < 1.29 is 9.90 Å². The summed E-state index contributed by atoms with van der Waals surface area (Å²) in [6, 6.07) is 13.8. The molecule has 8 heteroatoms. The van der Waals surface area contributed by atoms with Crippen molar-refractivity contribution in [3.05, 3.63) is 86.8 Å². The summed E-state index contributed by atoms with van der Waals surface area (Å²) in [5.41, 5.74) is 10.5. The highest BCUT2D eigenvalue weighted by Gasteiger charge is 2.46. The Balaban J connectivity index is 1.36. The van der Waals surface area contributed by atoms with E-state index in [1.807, 2.05) is 17.0 Å². The van der Waals surface area contributed by atoms with Crippen LogP contribution in [0.15, 0.2) is 48.7 Å². The number of nitrogens with two attached hydrogens (primary N) is 1. The van der Waals surface area contributed by atoms with Crippen LogP contribution < -0.4 is 10.6 Å². The van der Waals surface area contributed by atoms with Crippen molar-refractivity contribution in [3.63, 3.8) is 0 Å². The minimum atomic E-state index is -1.10. The molecule has 5 rings (SSSR count). The van der Waals surface area contributed by atoms with Gasteiger partial charge in [0.15, 0.2) is 11.5 Å². The summed E-state index contributed by atoms with van der Waals surface area (Å²) in [6.07, 6.45) is 4.70. The first-order chi connectivity index (χ1) is 15.9. The molecule has 0 saturated carbocycles. The van der Waals surface area contributed by atoms with Gasteiger partial charge in [-0.3, -0.25) is 0 Å². The average Bonchev–Trinajstić information content (AvgIpc) is 3.09. The Hall–Kier alpha value is -2.67. The van der Waals surface area contributed by atoms with Gasteiger partial charge in [0.05, 0.1) is 21.9 Å². The summed E-state index contributed by atoms with van der Waals surface area (Å²) >= 11 is 12.4. The summed E-state index contributed by atoms with van der Waals surface area (Å²) in [5.74, 6) is -0.691. The molecule has 1 spiro atoms. The number of nitrogens with zero attached hydrogens (tertiary/aromatic N) is 3. The lowest BCUT2D eigenvalue weighted by atomic mass is 9.73. The highest BCUT2D eigenvalue weighted by atomic mass is 35.5. The van der Waals surface area contributed by atoms with Crippen LogP contribution >= 0.6 is 23.2 Å². The van der Waals surface area contributed by atoms with Gasteiger partial charge in [0, 0.05) is 25.6 Å². The first-order valence-electron chi connectivity index (χ1n) is 11.0. The van der Waals surface area contributed by atoms with Crippen LogP contribution in [0, 0.1) is 5.41 Å². The SMILES string of the molecule is N[C@@H]1c2ccccc2CC12CCN(c1ncc(Cc3cccc(Cl)c3Cl)nc1C(=O)O)CC2. The van der Waals surface area contributed by atoms with Crippen LogP contribution in [0.2, 0.25) is 10.0 Å². The van der Waals surface area contributed by atoms with Crippen molar-refractivity contribution in [1.82, 2.24) is 9.97 Å². The first kappa shape index (κ1) is 22.1. The molecule has 2 heterocycles. The highest BCUT2D eigenvalue weighted by molar-refractivity contribution is 6.42. The number of aromatic nitrogens is 2. The topological polar surface area (TPSA) is 92.3 Å². The molecule has 0 amide bonds. The molecule has 1 aliphatic heterocycles. The Morgan fingerprint density at radius 3 is 2.64 bits per heavy atom. The maximum absolute atomic E-state index is 12.0. The quantitative estimate of drug-likeness (QED) is 0.548. The fourth-order valence-electron chi connectivity index (χ4n) is 5.23. The number of aromatic carboxylic acids is 1. The third kappa shape index (κ3) is 3.97. The molecular weight excluding hydrogens is 459 g/mol. The van der Waals surface area contributed by atoms with Gasteiger partial charge in [-0.2, -0.15) is 0 Å². The molecule has 33 heavy (non-hydrogen) atoms. The molecule has 1 aromatic heterocycles. The van der Waals surface area contributed by atoms with Crippen LogP contribution in [0.4, 0.5) is 5.82 Å². The van der Waals surface area contributed by atoms with Gasteiger partial charge >= 0.3 is 5.97 Å². The number of carbonyl (C=O) groups is 1. The van der Waals surface area contributed by atoms with Crippen LogP contribution in [0.5, 0.6) is 0 Å². The zero-order chi connectivity index (χ0) is 23.2. The van der Waals surface area contributed by atoms with Crippen LogP contribution in [0.25, 0.3) is 0 Å². The van der Waals surface area contributed by atoms with E-state index in [1.165, 1.54) is 11.1 Å². The number of fused-ring (bicyclic) bond motifs is 1. The number of anilines is 1. The van der Waals surface area contributed by atoms with Crippen LogP contribution in [-0.2, 0) is 12.8 Å². The van der Waals surface area contributed by atoms with E-state index in [1.54, 1.807) is 18.3 Å². The molecule has 2 aromatic carbocycles. The normalized spacial score (nSPS) is 19.0. The zero-order valence-corrected chi connectivity index (χ0v) is 19.5. The second-order valence-corrected chi connectivity index (χ2v) is 9.72. The Bertz CT molecular complexity index is 1220. The second kappa shape index (κ2) is 8.60. The maximum Gasteiger partial charge on any atom is 0.358 e. The Morgan fingerprint density at radius 2 is 1.91 bits per heavy atom. The minimum absolute atomic E-state index is 0.00528. The number of hydrogen-bond acceptors (Lipinski definition) is 5. The molecule has 2 aliphatic rings. The molecular formula is C25H24Cl2N4O2. The minimum Gasteiger partial charge on any atom is -0.476 e. The van der Waals surface area contributed by atoms with E-state index < -0.39 is 5.97 Å². The van der Waals surface area contributed by atoms with E-state index in [2.05, 4.69) is 28.2 Å². The van der Waals surface area contributed by atoms with Crippen molar-refractivity contribution in [2.45, 2.75) is 31.7 Å². The van der Waals surface area contributed by atoms with Crippen molar-refractivity contribution in [2.24, 2.45) is 11.1 Å². The first-order valence-corrected chi connectivity index (χ1v) is 11.7. The molecule has 3 aromatic rings. The lowest BCUT2D eigenvalue weighted by molar-refractivity contribution is 0.0690. The summed E-state index contributed by atoms with van der Waals surface area (Å²) in [4.78, 5) is 23.0. The standard InChI is InChI=1S/C25H24Cl2N4O2/c26-19-7-3-5-15(20(19)27)12-17-14-29-23(21(30-17)24(32)33)31-10-8-25(9-11-31)13-16-4-1-2-6-18(16)22(25)28/h1-7,14,22H,8-13,28H2,(H,32,33)/t22-/m1/s1. The lowest BCUT2D eigenvalue weighted by Crippen LogP contribution is -2.45. The van der Waals surface area contributed by atoms with E-state index in [9.17, 15) is 9.90 Å². The van der Waals surface area contributed by atoms with Crippen molar-refractivity contribution >= 4 is 35.0 Å². The number of benzene rings is 2. The smallest absolute Gasteiger partial charge is 0.358 e. The van der Waals surface area contributed by atoms with Gasteiger partial charge in [-0.15, -0.1) is 0 Å². The molecule has 1 atom stereocenters. The van der Waals surface area contributed by atoms with Gasteiger partial charge in [0.2, 0.25) is 0 Å². The second-order valence-electron chi connectivity index (χ2n) is 8.93. The number of halogens is 2. The fraction of sp³-hybridized carbons (Fsp3) is 0.320. The average molecular weight is 483 g/mol. The van der Waals surface area contributed by atoms with E-state index in [0.29, 0.717) is 41.1 Å².